The van der Waals surface area contributed by atoms with Crippen molar-refractivity contribution in [2.24, 2.45) is 11.1 Å². The van der Waals surface area contributed by atoms with Crippen LogP contribution >= 0.6 is 0 Å². The summed E-state index contributed by atoms with van der Waals surface area (Å²) in [5.74, 6) is 0.109. The Labute approximate surface area is 188 Å². The van der Waals surface area contributed by atoms with Gasteiger partial charge in [-0.15, -0.1) is 0 Å². The SMILES string of the molecule is Cc1cc([C@H](C(=O)N2C[C@H](O)CC2C2=NOC3(CCCc4ccccc43)C2)C(C)C)on1. The summed E-state index contributed by atoms with van der Waals surface area (Å²) >= 11 is 0. The Kier molecular flexibility index (Phi) is 5.32. The van der Waals surface area contributed by atoms with E-state index in [0.29, 0.717) is 25.1 Å². The van der Waals surface area contributed by atoms with Crippen molar-refractivity contribution in [3.05, 3.63) is 52.9 Å². The lowest BCUT2D eigenvalue weighted by atomic mass is 9.76. The van der Waals surface area contributed by atoms with Crippen molar-refractivity contribution >= 4 is 11.6 Å². The number of carbonyl (C=O) groups is 1. The van der Waals surface area contributed by atoms with E-state index >= 15 is 0 Å². The number of carbonyl (C=O) groups excluding carboxylic acids is 1. The molecule has 3 heterocycles. The molecule has 1 amide bonds. The number of nitrogens with zero attached hydrogens (tertiary/aromatic N) is 3. The Morgan fingerprint density at radius 3 is 2.88 bits per heavy atom. The number of fused-ring (bicyclic) bond motifs is 2. The number of amides is 1. The molecule has 1 N–H and O–H groups in total. The first kappa shape index (κ1) is 21.2. The van der Waals surface area contributed by atoms with Crippen molar-refractivity contribution in [1.29, 1.82) is 0 Å². The summed E-state index contributed by atoms with van der Waals surface area (Å²) in [4.78, 5) is 21.6. The van der Waals surface area contributed by atoms with Crippen molar-refractivity contribution < 1.29 is 19.3 Å². The fourth-order valence-electron chi connectivity index (χ4n) is 5.66. The zero-order chi connectivity index (χ0) is 22.5. The Balaban J connectivity index is 1.41. The van der Waals surface area contributed by atoms with Crippen LogP contribution in [0.15, 0.2) is 40.0 Å². The average molecular weight is 438 g/mol. The quantitative estimate of drug-likeness (QED) is 0.788. The molecule has 7 nitrogen and oxygen atoms in total. The van der Waals surface area contributed by atoms with Gasteiger partial charge in [-0.25, -0.2) is 0 Å². The number of β-amino-alcohol motifs (C(OH)–C–C–N with tert-alkyl or cyclic N) is 1. The maximum Gasteiger partial charge on any atom is 0.234 e. The van der Waals surface area contributed by atoms with Crippen molar-refractivity contribution in [3.8, 4) is 0 Å². The Bertz CT molecular complexity index is 1050. The molecule has 1 saturated heterocycles. The maximum absolute atomic E-state index is 13.7. The second kappa shape index (κ2) is 8.03. The summed E-state index contributed by atoms with van der Waals surface area (Å²) < 4.78 is 5.47. The highest BCUT2D eigenvalue weighted by Crippen LogP contribution is 2.46. The van der Waals surface area contributed by atoms with E-state index in [-0.39, 0.29) is 17.9 Å². The summed E-state index contributed by atoms with van der Waals surface area (Å²) in [5.41, 5.74) is 3.67. The number of aliphatic hydroxyl groups excluding tert-OH is 1. The zero-order valence-corrected chi connectivity index (χ0v) is 19.0. The normalized spacial score (nSPS) is 28.0. The molecule has 0 bridgehead atoms. The van der Waals surface area contributed by atoms with Gasteiger partial charge in [0.25, 0.3) is 0 Å². The summed E-state index contributed by atoms with van der Waals surface area (Å²) in [6.45, 7) is 6.16. The lowest BCUT2D eigenvalue weighted by Gasteiger charge is -2.34. The van der Waals surface area contributed by atoms with E-state index < -0.39 is 17.6 Å². The summed E-state index contributed by atoms with van der Waals surface area (Å²) in [5, 5.41) is 19.0. The van der Waals surface area contributed by atoms with Crippen LogP contribution in [-0.4, -0.2) is 45.5 Å². The molecule has 2 aromatic rings. The van der Waals surface area contributed by atoms with Crippen LogP contribution in [0.4, 0.5) is 0 Å². The standard InChI is InChI=1S/C25H31N3O4/c1-15(2)23(22-11-16(3)26-31-22)24(30)28-14-18(29)12-21(28)20-13-25(32-27-20)10-6-8-17-7-4-5-9-19(17)25/h4-5,7,9,11,15,18,21,23,29H,6,8,10,12-14H2,1-3H3/t18-,21?,23-,25?/m1/s1. The number of aryl methyl sites for hydroxylation is 2. The van der Waals surface area contributed by atoms with Crippen molar-refractivity contribution in [1.82, 2.24) is 10.1 Å². The molecule has 5 rings (SSSR count). The van der Waals surface area contributed by atoms with Crippen molar-refractivity contribution in [2.45, 2.75) is 76.5 Å². The van der Waals surface area contributed by atoms with Gasteiger partial charge in [0, 0.05) is 31.0 Å². The van der Waals surface area contributed by atoms with Crippen LogP contribution in [0.2, 0.25) is 0 Å². The molecule has 3 aliphatic rings. The van der Waals surface area contributed by atoms with Gasteiger partial charge in [0.2, 0.25) is 5.91 Å². The van der Waals surface area contributed by atoms with Crippen LogP contribution < -0.4 is 0 Å². The van der Waals surface area contributed by atoms with Gasteiger partial charge < -0.3 is 19.4 Å². The fraction of sp³-hybridized carbons (Fsp3) is 0.560. The topological polar surface area (TPSA) is 88.2 Å². The smallest absolute Gasteiger partial charge is 0.234 e. The van der Waals surface area contributed by atoms with Crippen LogP contribution in [0.5, 0.6) is 0 Å². The van der Waals surface area contributed by atoms with Gasteiger partial charge in [-0.3, -0.25) is 4.79 Å². The predicted molar refractivity (Wildman–Crippen MR) is 119 cm³/mol. The molecule has 2 aliphatic heterocycles. The summed E-state index contributed by atoms with van der Waals surface area (Å²) in [7, 11) is 0. The average Bonchev–Trinajstić information content (AvgIpc) is 3.48. The molecule has 1 aliphatic carbocycles. The van der Waals surface area contributed by atoms with Crippen LogP contribution in [0, 0.1) is 12.8 Å². The molecule has 1 spiro atoms. The van der Waals surface area contributed by atoms with Crippen LogP contribution in [-0.2, 0) is 21.7 Å². The van der Waals surface area contributed by atoms with Gasteiger partial charge >= 0.3 is 0 Å². The van der Waals surface area contributed by atoms with E-state index in [1.54, 1.807) is 4.90 Å². The lowest BCUT2D eigenvalue weighted by Crippen LogP contribution is -2.44. The molecule has 1 fully saturated rings. The summed E-state index contributed by atoms with van der Waals surface area (Å²) in [6, 6.07) is 9.99. The Morgan fingerprint density at radius 2 is 2.12 bits per heavy atom. The van der Waals surface area contributed by atoms with Gasteiger partial charge in [0.15, 0.2) is 5.60 Å². The first-order valence-electron chi connectivity index (χ1n) is 11.6. The number of oxime groups is 1. The Hall–Kier alpha value is -2.67. The number of hydrogen-bond donors (Lipinski definition) is 1. The molecule has 4 atom stereocenters. The third-order valence-corrected chi connectivity index (χ3v) is 7.17. The minimum Gasteiger partial charge on any atom is -0.391 e. The Morgan fingerprint density at radius 1 is 1.31 bits per heavy atom. The highest BCUT2D eigenvalue weighted by Gasteiger charge is 2.49. The van der Waals surface area contributed by atoms with Crippen LogP contribution in [0.25, 0.3) is 0 Å². The van der Waals surface area contributed by atoms with Crippen LogP contribution in [0.3, 0.4) is 0 Å². The molecule has 32 heavy (non-hydrogen) atoms. The third-order valence-electron chi connectivity index (χ3n) is 7.17. The number of hydrogen-bond acceptors (Lipinski definition) is 6. The number of aliphatic hydroxyl groups is 1. The largest absolute Gasteiger partial charge is 0.391 e. The second-order valence-corrected chi connectivity index (χ2v) is 9.84. The molecular weight excluding hydrogens is 406 g/mol. The molecule has 0 radical (unpaired) electrons. The minimum atomic E-state index is -0.578. The van der Waals surface area contributed by atoms with E-state index in [4.69, 9.17) is 9.36 Å². The molecule has 7 heteroatoms. The highest BCUT2D eigenvalue weighted by molar-refractivity contribution is 5.96. The molecular formula is C25H31N3O4. The van der Waals surface area contributed by atoms with E-state index in [1.165, 1.54) is 11.1 Å². The van der Waals surface area contributed by atoms with Gasteiger partial charge in [0.1, 0.15) is 11.7 Å². The second-order valence-electron chi connectivity index (χ2n) is 9.84. The maximum atomic E-state index is 13.7. The van der Waals surface area contributed by atoms with E-state index in [1.807, 2.05) is 26.8 Å². The van der Waals surface area contributed by atoms with Crippen molar-refractivity contribution in [2.75, 3.05) is 6.54 Å². The van der Waals surface area contributed by atoms with E-state index in [0.717, 1.165) is 30.7 Å². The number of benzene rings is 1. The van der Waals surface area contributed by atoms with Gasteiger partial charge in [0.05, 0.1) is 23.6 Å². The molecule has 170 valence electrons. The van der Waals surface area contributed by atoms with Gasteiger partial charge in [-0.05, 0) is 37.7 Å². The first-order valence-corrected chi connectivity index (χ1v) is 11.6. The number of aromatic nitrogens is 1. The predicted octanol–water partition coefficient (Wildman–Crippen LogP) is 3.69. The molecule has 1 aromatic heterocycles. The zero-order valence-electron chi connectivity index (χ0n) is 19.0. The number of rotatable bonds is 4. The van der Waals surface area contributed by atoms with Crippen LogP contribution in [0.1, 0.15) is 68.0 Å². The van der Waals surface area contributed by atoms with Gasteiger partial charge in [-0.2, -0.15) is 0 Å². The minimum absolute atomic E-state index is 0.0339. The fourth-order valence-corrected chi connectivity index (χ4v) is 5.66. The first-order chi connectivity index (χ1) is 15.4. The lowest BCUT2D eigenvalue weighted by molar-refractivity contribution is -0.134. The van der Waals surface area contributed by atoms with Gasteiger partial charge in [-0.1, -0.05) is 48.4 Å². The van der Waals surface area contributed by atoms with Crippen molar-refractivity contribution in [3.63, 3.8) is 0 Å². The van der Waals surface area contributed by atoms with E-state index in [9.17, 15) is 9.90 Å². The highest BCUT2D eigenvalue weighted by atomic mass is 16.7. The third kappa shape index (κ3) is 3.52. The summed E-state index contributed by atoms with van der Waals surface area (Å²) in [6.07, 6.45) is 3.56. The molecule has 0 saturated carbocycles. The molecule has 2 unspecified atom stereocenters. The number of likely N-dealkylation sites (tertiary alicyclic amines) is 1. The monoisotopic (exact) mass is 437 g/mol. The van der Waals surface area contributed by atoms with E-state index in [2.05, 4.69) is 34.6 Å². The molecule has 1 aromatic carbocycles.